The van der Waals surface area contributed by atoms with Crippen LogP contribution < -0.4 is 0 Å². The molecule has 0 aromatic heterocycles. The Labute approximate surface area is 466 Å². The van der Waals surface area contributed by atoms with Gasteiger partial charge in [0.15, 0.2) is 0 Å². The maximum absolute atomic E-state index is 14.5. The molecule has 83 heavy (non-hydrogen) atoms. The Balaban J connectivity index is 8.37. The standard InChI is InChI=1S/C45H62F9N7O22/c1-9-55(16-35(69)76-2)28(62)10-56(11-31(65)59(17-36(70)77-3)18-37(71)78-4)29(63)14-58(34(68)23-83-27-42(24-43(46,47)48,25-44(49,50)51)26-45(52,53)54)15-30(64)57(12-32(66)60(19-38(72)79-5)20-39(73)80-6)13-33(67)61(21-40(74)81-7)22-41(75)82-8/h9-27H2,1-8H3. The normalized spacial score (nSPS) is 11.4. The molecule has 0 aromatic carbocycles. The number of halogens is 9. The van der Waals surface area contributed by atoms with Gasteiger partial charge in [-0.2, -0.15) is 39.5 Å². The molecule has 0 aliphatic heterocycles. The largest absolute Gasteiger partial charge is 0.468 e. The molecule has 0 aromatic rings. The van der Waals surface area contributed by atoms with Crippen LogP contribution in [0.15, 0.2) is 0 Å². The Morgan fingerprint density at radius 3 is 0.663 bits per heavy atom. The fourth-order valence-electron chi connectivity index (χ4n) is 6.95. The van der Waals surface area contributed by atoms with Crippen molar-refractivity contribution in [3.05, 3.63) is 0 Å². The predicted octanol–water partition coefficient (Wildman–Crippen LogP) is -2.12. The van der Waals surface area contributed by atoms with Crippen molar-refractivity contribution in [2.45, 2.75) is 44.7 Å². The monoisotopic (exact) mass is 1220 g/mol. The van der Waals surface area contributed by atoms with E-state index in [1.54, 1.807) is 0 Å². The number of nitrogens with zero attached hydrogens (tertiary/aromatic N) is 7. The highest BCUT2D eigenvalue weighted by molar-refractivity contribution is 5.97. The number of carbonyl (C=O) groups is 14. The molecule has 0 aliphatic carbocycles. The van der Waals surface area contributed by atoms with Crippen LogP contribution in [0, 0.1) is 5.41 Å². The van der Waals surface area contributed by atoms with Crippen molar-refractivity contribution in [1.82, 2.24) is 34.3 Å². The molecule has 472 valence electrons. The molecule has 0 atom stereocenters. The van der Waals surface area contributed by atoms with Gasteiger partial charge in [-0.15, -0.1) is 0 Å². The summed E-state index contributed by atoms with van der Waals surface area (Å²) in [6, 6.07) is 0. The van der Waals surface area contributed by atoms with E-state index < -0.39 is 225 Å². The number of likely N-dealkylation sites (N-methyl/N-ethyl adjacent to an activating group) is 1. The number of hydrogen-bond acceptors (Lipinski definition) is 22. The van der Waals surface area contributed by atoms with Crippen molar-refractivity contribution in [2.75, 3.05) is 155 Å². The number of amides is 7. The summed E-state index contributed by atoms with van der Waals surface area (Å²) < 4.78 is 160. The molecule has 0 N–H and O–H groups in total. The fourth-order valence-corrected chi connectivity index (χ4v) is 6.95. The second kappa shape index (κ2) is 35.0. The van der Waals surface area contributed by atoms with Gasteiger partial charge in [0, 0.05) is 12.0 Å². The number of alkyl halides is 9. The SMILES string of the molecule is CCN(CC(=O)OC)C(=O)CN(CC(=O)N(CC(=O)OC)CC(=O)OC)C(=O)CN(CC(=O)N(CC(=O)N(CC(=O)OC)CC(=O)OC)CC(=O)N(CC(=O)OC)CC(=O)OC)C(=O)COCC(CC(F)(F)F)(CC(F)(F)F)CC(F)(F)F. The average molecular weight is 1220 g/mol. The first kappa shape index (κ1) is 74.9. The van der Waals surface area contributed by atoms with Gasteiger partial charge < -0.3 is 72.2 Å². The third-order valence-corrected chi connectivity index (χ3v) is 11.0. The van der Waals surface area contributed by atoms with E-state index in [0.717, 1.165) is 54.7 Å². The summed E-state index contributed by atoms with van der Waals surface area (Å²) in [5.74, 6) is -19.1. The molecule has 29 nitrogen and oxygen atoms in total. The maximum Gasteiger partial charge on any atom is 0.389 e. The third kappa shape index (κ3) is 30.0. The molecule has 0 spiro atoms. The summed E-state index contributed by atoms with van der Waals surface area (Å²) in [5, 5.41) is 0. The summed E-state index contributed by atoms with van der Waals surface area (Å²) >= 11 is 0. The van der Waals surface area contributed by atoms with Crippen LogP contribution in [0.25, 0.3) is 0 Å². The maximum atomic E-state index is 14.5. The van der Waals surface area contributed by atoms with Gasteiger partial charge in [-0.25, -0.2) is 0 Å². The highest BCUT2D eigenvalue weighted by Crippen LogP contribution is 2.48. The first-order valence-corrected chi connectivity index (χ1v) is 23.5. The molecule has 0 heterocycles. The molecule has 0 bridgehead atoms. The van der Waals surface area contributed by atoms with E-state index in [0.29, 0.717) is 14.7 Å². The molecule has 0 aliphatic rings. The number of hydrogen-bond donors (Lipinski definition) is 0. The molecule has 7 amide bonds. The zero-order chi connectivity index (χ0) is 64.2. The van der Waals surface area contributed by atoms with Gasteiger partial charge in [0.05, 0.1) is 75.6 Å². The fraction of sp³-hybridized carbons (Fsp3) is 0.689. The quantitative estimate of drug-likeness (QED) is 0.0378. The summed E-state index contributed by atoms with van der Waals surface area (Å²) in [7, 11) is 5.97. The molecular weight excluding hydrogens is 1160 g/mol. The van der Waals surface area contributed by atoms with E-state index in [1.807, 2.05) is 0 Å². The van der Waals surface area contributed by atoms with Crippen LogP contribution in [0.4, 0.5) is 39.5 Å². The summed E-state index contributed by atoms with van der Waals surface area (Å²) in [4.78, 5) is 187. The third-order valence-electron chi connectivity index (χ3n) is 11.0. The minimum atomic E-state index is -5.76. The lowest BCUT2D eigenvalue weighted by Crippen LogP contribution is -2.55. The highest BCUT2D eigenvalue weighted by Gasteiger charge is 2.54. The minimum Gasteiger partial charge on any atom is -0.468 e. The van der Waals surface area contributed by atoms with Crippen molar-refractivity contribution in [1.29, 1.82) is 0 Å². The molecular formula is C45H62F9N7O22. The van der Waals surface area contributed by atoms with Crippen LogP contribution in [0.1, 0.15) is 26.2 Å². The van der Waals surface area contributed by atoms with E-state index in [2.05, 4.69) is 33.2 Å². The highest BCUT2D eigenvalue weighted by atomic mass is 19.4. The lowest BCUT2D eigenvalue weighted by molar-refractivity contribution is -0.235. The minimum absolute atomic E-state index is 0.0262. The Bertz CT molecular complexity index is 2170. The van der Waals surface area contributed by atoms with Crippen LogP contribution in [0.2, 0.25) is 0 Å². The first-order chi connectivity index (χ1) is 38.3. The number of methoxy groups -OCH3 is 7. The average Bonchev–Trinajstić information content (AvgIpc) is 3.38. The summed E-state index contributed by atoms with van der Waals surface area (Å²) in [6.45, 7) is -19.6. The summed E-state index contributed by atoms with van der Waals surface area (Å²) in [6.07, 6.45) is -25.7. The van der Waals surface area contributed by atoms with E-state index in [4.69, 9.17) is 4.74 Å². The van der Waals surface area contributed by atoms with Crippen LogP contribution >= 0.6 is 0 Å². The van der Waals surface area contributed by atoms with E-state index >= 15 is 0 Å². The van der Waals surface area contributed by atoms with Gasteiger partial charge in [-0.05, 0) is 6.92 Å². The second-order valence-corrected chi connectivity index (χ2v) is 17.3. The Morgan fingerprint density at radius 2 is 0.470 bits per heavy atom. The lowest BCUT2D eigenvalue weighted by Gasteiger charge is -2.36. The van der Waals surface area contributed by atoms with Gasteiger partial charge in [0.2, 0.25) is 41.4 Å². The van der Waals surface area contributed by atoms with Gasteiger partial charge in [0.25, 0.3) is 0 Å². The van der Waals surface area contributed by atoms with E-state index in [1.165, 1.54) is 6.92 Å². The van der Waals surface area contributed by atoms with Gasteiger partial charge in [-0.1, -0.05) is 0 Å². The summed E-state index contributed by atoms with van der Waals surface area (Å²) in [5.41, 5.74) is -3.95. The van der Waals surface area contributed by atoms with Gasteiger partial charge in [-0.3, -0.25) is 67.1 Å². The molecule has 38 heteroatoms. The van der Waals surface area contributed by atoms with Crippen LogP contribution in [0.3, 0.4) is 0 Å². The smallest absolute Gasteiger partial charge is 0.389 e. The Morgan fingerprint density at radius 1 is 0.289 bits per heavy atom. The van der Waals surface area contributed by atoms with Gasteiger partial charge in [0.1, 0.15) is 91.7 Å². The molecule has 0 saturated heterocycles. The van der Waals surface area contributed by atoms with Crippen molar-refractivity contribution < 1.29 is 145 Å². The molecule has 0 rings (SSSR count). The van der Waals surface area contributed by atoms with E-state index in [9.17, 15) is 107 Å². The molecule has 0 saturated carbocycles. The van der Waals surface area contributed by atoms with Crippen molar-refractivity contribution in [2.24, 2.45) is 5.41 Å². The van der Waals surface area contributed by atoms with Crippen molar-refractivity contribution >= 4 is 83.1 Å². The molecule has 0 unspecified atom stereocenters. The molecule has 0 fully saturated rings. The number of ether oxygens (including phenoxy) is 8. The van der Waals surface area contributed by atoms with Crippen LogP contribution in [0.5, 0.6) is 0 Å². The van der Waals surface area contributed by atoms with Crippen molar-refractivity contribution in [3.8, 4) is 0 Å². The van der Waals surface area contributed by atoms with E-state index in [-0.39, 0.29) is 21.2 Å². The zero-order valence-electron chi connectivity index (χ0n) is 45.9. The van der Waals surface area contributed by atoms with Crippen LogP contribution in [-0.4, -0.2) is 291 Å². The topological polar surface area (TPSA) is 336 Å². The van der Waals surface area contributed by atoms with Crippen molar-refractivity contribution in [3.63, 3.8) is 0 Å². The Kier molecular flexibility index (Phi) is 31.6. The molecule has 0 radical (unpaired) electrons. The van der Waals surface area contributed by atoms with Gasteiger partial charge >= 0.3 is 60.3 Å². The predicted molar refractivity (Wildman–Crippen MR) is 251 cm³/mol. The number of rotatable bonds is 34. The van der Waals surface area contributed by atoms with Crippen LogP contribution in [-0.2, 0) is 105 Å². The zero-order valence-corrected chi connectivity index (χ0v) is 45.9. The second-order valence-electron chi connectivity index (χ2n) is 17.3. The first-order valence-electron chi connectivity index (χ1n) is 23.5. The lowest BCUT2D eigenvalue weighted by atomic mass is 9.78. The number of carbonyl (C=O) groups excluding carboxylic acids is 14. The number of esters is 7. The Hall–Kier alpha value is -8.09.